The highest BCUT2D eigenvalue weighted by Gasteiger charge is 2.26. The lowest BCUT2D eigenvalue weighted by atomic mass is 9.93. The second kappa shape index (κ2) is 8.38. The maximum absolute atomic E-state index is 12.6. The first-order valence-corrected chi connectivity index (χ1v) is 9.67. The van der Waals surface area contributed by atoms with Crippen molar-refractivity contribution in [1.82, 2.24) is 19.9 Å². The minimum absolute atomic E-state index is 0.0709. The van der Waals surface area contributed by atoms with Gasteiger partial charge in [0.25, 0.3) is 5.91 Å². The zero-order chi connectivity index (χ0) is 20.2. The predicted molar refractivity (Wildman–Crippen MR) is 107 cm³/mol. The molecule has 1 aromatic carbocycles. The summed E-state index contributed by atoms with van der Waals surface area (Å²) in [5, 5.41) is 7.29. The molecule has 1 saturated carbocycles. The average molecular weight is 396 g/mol. The molecule has 0 saturated heterocycles. The molecule has 2 aromatic heterocycles. The van der Waals surface area contributed by atoms with Gasteiger partial charge < -0.3 is 19.5 Å². The van der Waals surface area contributed by atoms with Crippen molar-refractivity contribution >= 4 is 11.6 Å². The van der Waals surface area contributed by atoms with E-state index in [1.165, 1.54) is 0 Å². The molecular formula is C21H24N4O4. The number of hydrogen-bond donors (Lipinski definition) is 1. The molecule has 1 amide bonds. The fourth-order valence-corrected chi connectivity index (χ4v) is 3.70. The predicted octanol–water partition coefficient (Wildman–Crippen LogP) is 2.87. The molecule has 4 rings (SSSR count). The van der Waals surface area contributed by atoms with Gasteiger partial charge in [0.1, 0.15) is 5.69 Å². The van der Waals surface area contributed by atoms with Gasteiger partial charge in [-0.2, -0.15) is 5.10 Å². The first-order chi connectivity index (χ1) is 14.2. The number of rotatable bonds is 6. The Morgan fingerprint density at radius 2 is 1.86 bits per heavy atom. The number of amides is 1. The normalized spacial score (nSPS) is 19.0. The molecular weight excluding hydrogens is 372 g/mol. The van der Waals surface area contributed by atoms with Gasteiger partial charge in [-0.15, -0.1) is 0 Å². The molecule has 8 heteroatoms. The Labute approximate surface area is 168 Å². The molecule has 152 valence electrons. The number of fused-ring (bicyclic) bond motifs is 1. The van der Waals surface area contributed by atoms with E-state index in [-0.39, 0.29) is 18.1 Å². The van der Waals surface area contributed by atoms with Crippen molar-refractivity contribution < 1.29 is 19.0 Å². The van der Waals surface area contributed by atoms with Crippen molar-refractivity contribution in [2.75, 3.05) is 14.2 Å². The molecule has 8 nitrogen and oxygen atoms in total. The van der Waals surface area contributed by atoms with E-state index >= 15 is 0 Å². The Balaban J connectivity index is 1.35. The molecule has 0 spiro atoms. The monoisotopic (exact) mass is 396 g/mol. The third kappa shape index (κ3) is 3.96. The molecule has 0 atom stereocenters. The number of ether oxygens (including phenoxy) is 3. The van der Waals surface area contributed by atoms with Crippen molar-refractivity contribution in [3.05, 3.63) is 48.4 Å². The molecule has 0 bridgehead atoms. The van der Waals surface area contributed by atoms with Gasteiger partial charge in [0.15, 0.2) is 17.1 Å². The Hall–Kier alpha value is -3.29. The minimum atomic E-state index is -0.157. The van der Waals surface area contributed by atoms with E-state index in [4.69, 9.17) is 14.2 Å². The molecule has 1 aliphatic rings. The van der Waals surface area contributed by atoms with Crippen LogP contribution in [0, 0.1) is 0 Å². The van der Waals surface area contributed by atoms with Gasteiger partial charge in [0.2, 0.25) is 5.75 Å². The van der Waals surface area contributed by atoms with Crippen molar-refractivity contribution in [3.63, 3.8) is 0 Å². The number of benzene rings is 1. The second-order valence-electron chi connectivity index (χ2n) is 6.99. The van der Waals surface area contributed by atoms with Gasteiger partial charge in [0, 0.05) is 12.2 Å². The summed E-state index contributed by atoms with van der Waals surface area (Å²) in [7, 11) is 3.21. The summed E-state index contributed by atoms with van der Waals surface area (Å²) in [5.74, 6) is 1.77. The van der Waals surface area contributed by atoms with Gasteiger partial charge in [-0.05, 0) is 49.9 Å². The highest BCUT2D eigenvalue weighted by molar-refractivity contribution is 5.93. The van der Waals surface area contributed by atoms with Crippen molar-refractivity contribution in [2.24, 2.45) is 0 Å². The number of aromatic nitrogens is 3. The summed E-state index contributed by atoms with van der Waals surface area (Å²) >= 11 is 0. The Morgan fingerprint density at radius 1 is 1.07 bits per heavy atom. The van der Waals surface area contributed by atoms with Gasteiger partial charge in [0.05, 0.1) is 26.5 Å². The zero-order valence-electron chi connectivity index (χ0n) is 16.5. The van der Waals surface area contributed by atoms with Gasteiger partial charge >= 0.3 is 0 Å². The molecule has 3 aromatic rings. The van der Waals surface area contributed by atoms with Gasteiger partial charge in [-0.25, -0.2) is 9.50 Å². The third-order valence-corrected chi connectivity index (χ3v) is 5.18. The number of methoxy groups -OCH3 is 2. The highest BCUT2D eigenvalue weighted by atomic mass is 16.5. The summed E-state index contributed by atoms with van der Waals surface area (Å²) in [6.45, 7) is 0. The second-order valence-corrected chi connectivity index (χ2v) is 6.99. The molecule has 0 aliphatic heterocycles. The molecule has 0 radical (unpaired) electrons. The van der Waals surface area contributed by atoms with E-state index in [9.17, 15) is 4.79 Å². The molecule has 29 heavy (non-hydrogen) atoms. The van der Waals surface area contributed by atoms with E-state index in [1.807, 2.05) is 24.3 Å². The Bertz CT molecular complexity index is 995. The van der Waals surface area contributed by atoms with Crippen molar-refractivity contribution in [1.29, 1.82) is 0 Å². The van der Waals surface area contributed by atoms with Crippen LogP contribution in [0.15, 0.2) is 42.7 Å². The SMILES string of the molecule is COc1cccc(OC2CCC(NC(=O)c3cnc4cccnn34)CC2)c1OC. The summed E-state index contributed by atoms with van der Waals surface area (Å²) in [6.07, 6.45) is 6.64. The quantitative estimate of drug-likeness (QED) is 0.689. The van der Waals surface area contributed by atoms with E-state index in [2.05, 4.69) is 15.4 Å². The Morgan fingerprint density at radius 3 is 2.62 bits per heavy atom. The average Bonchev–Trinajstić information content (AvgIpc) is 3.19. The fraction of sp³-hybridized carbons (Fsp3) is 0.381. The lowest BCUT2D eigenvalue weighted by Gasteiger charge is -2.30. The number of imidazole rings is 1. The summed E-state index contributed by atoms with van der Waals surface area (Å²) in [4.78, 5) is 16.9. The maximum atomic E-state index is 12.6. The lowest BCUT2D eigenvalue weighted by Crippen LogP contribution is -2.40. The van der Waals surface area contributed by atoms with E-state index in [0.717, 1.165) is 25.7 Å². The number of nitrogens with one attached hydrogen (secondary N) is 1. The third-order valence-electron chi connectivity index (χ3n) is 5.18. The Kier molecular flexibility index (Phi) is 5.50. The van der Waals surface area contributed by atoms with Crippen LogP contribution in [0.25, 0.3) is 5.65 Å². The topological polar surface area (TPSA) is 87.0 Å². The van der Waals surface area contributed by atoms with E-state index in [1.54, 1.807) is 37.2 Å². The van der Waals surface area contributed by atoms with Crippen LogP contribution < -0.4 is 19.5 Å². The zero-order valence-corrected chi connectivity index (χ0v) is 16.5. The van der Waals surface area contributed by atoms with Crippen LogP contribution >= 0.6 is 0 Å². The molecule has 1 N–H and O–H groups in total. The molecule has 1 fully saturated rings. The number of carbonyl (C=O) groups excluding carboxylic acids is 1. The molecule has 0 unspecified atom stereocenters. The first kappa shape index (κ1) is 19.0. The van der Waals surface area contributed by atoms with E-state index < -0.39 is 0 Å². The minimum Gasteiger partial charge on any atom is -0.493 e. The van der Waals surface area contributed by atoms with Crippen LogP contribution in [0.4, 0.5) is 0 Å². The lowest BCUT2D eigenvalue weighted by molar-refractivity contribution is 0.0884. The first-order valence-electron chi connectivity index (χ1n) is 9.67. The standard InChI is InChI=1S/C21H24N4O4/c1-27-17-5-3-6-18(20(17)28-2)29-15-10-8-14(9-11-15)24-21(26)16-13-22-19-7-4-12-23-25(16)19/h3-7,12-15H,8-11H2,1-2H3,(H,24,26). The number of carbonyl (C=O) groups is 1. The smallest absolute Gasteiger partial charge is 0.271 e. The fourth-order valence-electron chi connectivity index (χ4n) is 3.70. The largest absolute Gasteiger partial charge is 0.493 e. The van der Waals surface area contributed by atoms with Crippen LogP contribution in [0.2, 0.25) is 0 Å². The van der Waals surface area contributed by atoms with Crippen LogP contribution in [0.1, 0.15) is 36.2 Å². The number of hydrogen-bond acceptors (Lipinski definition) is 6. The summed E-state index contributed by atoms with van der Waals surface area (Å²) in [5.41, 5.74) is 1.10. The summed E-state index contributed by atoms with van der Waals surface area (Å²) < 4.78 is 18.5. The van der Waals surface area contributed by atoms with E-state index in [0.29, 0.717) is 28.6 Å². The summed E-state index contributed by atoms with van der Waals surface area (Å²) in [6, 6.07) is 9.32. The number of para-hydroxylation sites is 1. The van der Waals surface area contributed by atoms with Crippen LogP contribution in [0.5, 0.6) is 17.2 Å². The van der Waals surface area contributed by atoms with Crippen molar-refractivity contribution in [3.8, 4) is 17.2 Å². The highest BCUT2D eigenvalue weighted by Crippen LogP contribution is 2.38. The van der Waals surface area contributed by atoms with Gasteiger partial charge in [-0.1, -0.05) is 6.07 Å². The van der Waals surface area contributed by atoms with Crippen LogP contribution in [-0.2, 0) is 0 Å². The maximum Gasteiger partial charge on any atom is 0.271 e. The van der Waals surface area contributed by atoms with Gasteiger partial charge in [-0.3, -0.25) is 4.79 Å². The number of nitrogens with zero attached hydrogens (tertiary/aromatic N) is 3. The van der Waals surface area contributed by atoms with Crippen LogP contribution in [-0.4, -0.2) is 46.9 Å². The van der Waals surface area contributed by atoms with Crippen molar-refractivity contribution in [2.45, 2.75) is 37.8 Å². The molecule has 2 heterocycles. The molecule has 1 aliphatic carbocycles. The van der Waals surface area contributed by atoms with Crippen LogP contribution in [0.3, 0.4) is 0 Å².